The topological polar surface area (TPSA) is 63.4 Å². The highest BCUT2D eigenvalue weighted by Crippen LogP contribution is 2.38. The SMILES string of the molecule is O=c1[nH]c(CNCc2cc(Cl)c3c(c2)OCCO3)cs1. The number of fused-ring (bicyclic) bond motifs is 1. The van der Waals surface area contributed by atoms with Crippen LogP contribution in [0.5, 0.6) is 11.5 Å². The van der Waals surface area contributed by atoms with Gasteiger partial charge < -0.3 is 19.8 Å². The van der Waals surface area contributed by atoms with Gasteiger partial charge in [0.2, 0.25) is 0 Å². The first kappa shape index (κ1) is 13.5. The predicted molar refractivity (Wildman–Crippen MR) is 77.9 cm³/mol. The van der Waals surface area contributed by atoms with Gasteiger partial charge in [-0.1, -0.05) is 22.9 Å². The van der Waals surface area contributed by atoms with Crippen molar-refractivity contribution in [3.05, 3.63) is 43.5 Å². The molecule has 0 atom stereocenters. The number of rotatable bonds is 4. The third kappa shape index (κ3) is 2.98. The van der Waals surface area contributed by atoms with Crippen molar-refractivity contribution in [3.8, 4) is 11.5 Å². The first-order valence-electron chi connectivity index (χ1n) is 6.18. The molecule has 0 radical (unpaired) electrons. The Hall–Kier alpha value is -1.50. The van der Waals surface area contributed by atoms with Crippen LogP contribution in [0.15, 0.2) is 22.3 Å². The van der Waals surface area contributed by atoms with E-state index in [1.165, 1.54) is 0 Å². The first-order valence-corrected chi connectivity index (χ1v) is 7.43. The van der Waals surface area contributed by atoms with Crippen LogP contribution < -0.4 is 19.7 Å². The van der Waals surface area contributed by atoms with Crippen molar-refractivity contribution in [2.45, 2.75) is 13.1 Å². The molecule has 1 aromatic carbocycles. The fourth-order valence-electron chi connectivity index (χ4n) is 2.01. The molecule has 2 N–H and O–H groups in total. The normalized spacial score (nSPS) is 13.4. The van der Waals surface area contributed by atoms with Gasteiger partial charge in [0.05, 0.1) is 5.02 Å². The van der Waals surface area contributed by atoms with E-state index in [-0.39, 0.29) is 4.87 Å². The predicted octanol–water partition coefficient (Wildman–Crippen LogP) is 2.15. The zero-order valence-electron chi connectivity index (χ0n) is 10.6. The van der Waals surface area contributed by atoms with Crippen molar-refractivity contribution in [2.75, 3.05) is 13.2 Å². The first-order chi connectivity index (χ1) is 9.72. The Morgan fingerprint density at radius 1 is 1.30 bits per heavy atom. The zero-order chi connectivity index (χ0) is 13.9. The number of H-pyrrole nitrogens is 1. The Balaban J connectivity index is 1.65. The Kier molecular flexibility index (Phi) is 3.95. The van der Waals surface area contributed by atoms with Gasteiger partial charge in [-0.2, -0.15) is 0 Å². The van der Waals surface area contributed by atoms with Crippen LogP contribution >= 0.6 is 22.9 Å². The van der Waals surface area contributed by atoms with Gasteiger partial charge in [-0.15, -0.1) is 0 Å². The van der Waals surface area contributed by atoms with Crippen LogP contribution in [0.2, 0.25) is 5.02 Å². The summed E-state index contributed by atoms with van der Waals surface area (Å²) in [5.41, 5.74) is 1.89. The standard InChI is InChI=1S/C13H13ClN2O3S/c14-10-3-8(4-11-12(10)19-2-1-18-11)5-15-6-9-7-20-13(17)16-9/h3-4,7,15H,1-2,5-6H2,(H,16,17). The van der Waals surface area contributed by atoms with Crippen molar-refractivity contribution < 1.29 is 9.47 Å². The molecule has 0 spiro atoms. The van der Waals surface area contributed by atoms with E-state index in [2.05, 4.69) is 10.3 Å². The number of nitrogens with one attached hydrogen (secondary N) is 2. The number of ether oxygens (including phenoxy) is 2. The molecule has 0 aliphatic carbocycles. The van der Waals surface area contributed by atoms with Crippen LogP contribution in [0, 0.1) is 0 Å². The third-order valence-corrected chi connectivity index (χ3v) is 3.87. The monoisotopic (exact) mass is 312 g/mol. The fourth-order valence-corrected chi connectivity index (χ4v) is 2.88. The summed E-state index contributed by atoms with van der Waals surface area (Å²) in [6, 6.07) is 3.78. The molecule has 1 aliphatic rings. The van der Waals surface area contributed by atoms with E-state index in [1.54, 1.807) is 0 Å². The van der Waals surface area contributed by atoms with Gasteiger partial charge in [-0.3, -0.25) is 4.79 Å². The van der Waals surface area contributed by atoms with E-state index in [1.807, 2.05) is 17.5 Å². The molecule has 0 saturated heterocycles. The van der Waals surface area contributed by atoms with E-state index in [9.17, 15) is 4.79 Å². The number of aromatic nitrogens is 1. The van der Waals surface area contributed by atoms with E-state index in [0.29, 0.717) is 42.8 Å². The molecule has 2 heterocycles. The minimum atomic E-state index is -0.0378. The highest BCUT2D eigenvalue weighted by Gasteiger charge is 2.16. The number of hydrogen-bond acceptors (Lipinski definition) is 5. The largest absolute Gasteiger partial charge is 0.486 e. The lowest BCUT2D eigenvalue weighted by Crippen LogP contribution is -2.17. The van der Waals surface area contributed by atoms with Crippen molar-refractivity contribution >= 4 is 22.9 Å². The molecular formula is C13H13ClN2O3S. The second-order valence-corrected chi connectivity index (χ2v) is 5.63. The molecule has 7 heteroatoms. The average molecular weight is 313 g/mol. The molecule has 3 rings (SSSR count). The molecule has 0 unspecified atom stereocenters. The number of benzene rings is 1. The average Bonchev–Trinajstić information content (AvgIpc) is 2.85. The van der Waals surface area contributed by atoms with Gasteiger partial charge in [0.15, 0.2) is 11.5 Å². The Morgan fingerprint density at radius 2 is 2.15 bits per heavy atom. The van der Waals surface area contributed by atoms with Crippen LogP contribution in [-0.4, -0.2) is 18.2 Å². The van der Waals surface area contributed by atoms with Gasteiger partial charge in [0, 0.05) is 24.2 Å². The minimum absolute atomic E-state index is 0.0378. The van der Waals surface area contributed by atoms with E-state index in [4.69, 9.17) is 21.1 Å². The smallest absolute Gasteiger partial charge is 0.304 e. The van der Waals surface area contributed by atoms with E-state index >= 15 is 0 Å². The van der Waals surface area contributed by atoms with Crippen LogP contribution in [0.3, 0.4) is 0 Å². The summed E-state index contributed by atoms with van der Waals surface area (Å²) in [5.74, 6) is 1.30. The summed E-state index contributed by atoms with van der Waals surface area (Å²) >= 11 is 7.33. The van der Waals surface area contributed by atoms with Gasteiger partial charge in [0.25, 0.3) is 0 Å². The molecule has 106 valence electrons. The Morgan fingerprint density at radius 3 is 2.95 bits per heavy atom. The Bertz CT molecular complexity index is 668. The number of thiazole rings is 1. The maximum Gasteiger partial charge on any atom is 0.304 e. The van der Waals surface area contributed by atoms with Gasteiger partial charge in [0.1, 0.15) is 13.2 Å². The van der Waals surface area contributed by atoms with Crippen molar-refractivity contribution in [1.82, 2.24) is 10.3 Å². The summed E-state index contributed by atoms with van der Waals surface area (Å²) in [5, 5.41) is 5.62. The van der Waals surface area contributed by atoms with Gasteiger partial charge >= 0.3 is 4.87 Å². The van der Waals surface area contributed by atoms with Crippen LogP contribution in [0.4, 0.5) is 0 Å². The maximum atomic E-state index is 11.0. The highest BCUT2D eigenvalue weighted by molar-refractivity contribution is 7.07. The lowest BCUT2D eigenvalue weighted by Gasteiger charge is -2.20. The molecule has 1 aliphatic heterocycles. The second kappa shape index (κ2) is 5.87. The van der Waals surface area contributed by atoms with Gasteiger partial charge in [-0.05, 0) is 17.7 Å². The minimum Gasteiger partial charge on any atom is -0.486 e. The maximum absolute atomic E-state index is 11.0. The van der Waals surface area contributed by atoms with E-state index < -0.39 is 0 Å². The van der Waals surface area contributed by atoms with Crippen molar-refractivity contribution in [2.24, 2.45) is 0 Å². The fraction of sp³-hybridized carbons (Fsp3) is 0.308. The molecule has 0 saturated carbocycles. The third-order valence-electron chi connectivity index (χ3n) is 2.87. The van der Waals surface area contributed by atoms with E-state index in [0.717, 1.165) is 22.6 Å². The number of hydrogen-bond donors (Lipinski definition) is 2. The molecular weight excluding hydrogens is 300 g/mol. The van der Waals surface area contributed by atoms with Crippen molar-refractivity contribution in [1.29, 1.82) is 0 Å². The van der Waals surface area contributed by atoms with Crippen molar-refractivity contribution in [3.63, 3.8) is 0 Å². The molecule has 2 aromatic rings. The molecule has 5 nitrogen and oxygen atoms in total. The van der Waals surface area contributed by atoms with Gasteiger partial charge in [-0.25, -0.2) is 0 Å². The molecule has 0 bridgehead atoms. The number of halogens is 1. The summed E-state index contributed by atoms with van der Waals surface area (Å²) in [4.78, 5) is 13.7. The van der Waals surface area contributed by atoms with Crippen LogP contribution in [0.25, 0.3) is 0 Å². The second-order valence-electron chi connectivity index (χ2n) is 4.38. The molecule has 0 amide bonds. The lowest BCUT2D eigenvalue weighted by atomic mass is 10.2. The molecule has 1 aromatic heterocycles. The summed E-state index contributed by atoms with van der Waals surface area (Å²) in [7, 11) is 0. The van der Waals surface area contributed by atoms with Crippen LogP contribution in [-0.2, 0) is 13.1 Å². The zero-order valence-corrected chi connectivity index (χ0v) is 12.1. The Labute approximate surface area is 124 Å². The summed E-state index contributed by atoms with van der Waals surface area (Å²) < 4.78 is 11.0. The lowest BCUT2D eigenvalue weighted by molar-refractivity contribution is 0.171. The summed E-state index contributed by atoms with van der Waals surface area (Å²) in [6.07, 6.45) is 0. The number of aromatic amines is 1. The quantitative estimate of drug-likeness (QED) is 0.908. The highest BCUT2D eigenvalue weighted by atomic mass is 35.5. The molecule has 20 heavy (non-hydrogen) atoms. The molecule has 0 fully saturated rings. The summed E-state index contributed by atoms with van der Waals surface area (Å²) in [6.45, 7) is 2.30. The van der Waals surface area contributed by atoms with Crippen LogP contribution in [0.1, 0.15) is 11.3 Å².